The van der Waals surface area contributed by atoms with Crippen LogP contribution in [0.1, 0.15) is 19.4 Å². The van der Waals surface area contributed by atoms with Crippen molar-refractivity contribution in [3.8, 4) is 0 Å². The van der Waals surface area contributed by atoms with Crippen molar-refractivity contribution in [3.63, 3.8) is 0 Å². The summed E-state index contributed by atoms with van der Waals surface area (Å²) >= 11 is 0. The lowest BCUT2D eigenvalue weighted by Gasteiger charge is -1.98. The molecule has 0 unspecified atom stereocenters. The largest absolute Gasteiger partial charge is 0.392 e. The van der Waals surface area contributed by atoms with Gasteiger partial charge in [0.1, 0.15) is 5.82 Å². The van der Waals surface area contributed by atoms with E-state index in [0.29, 0.717) is 0 Å². The minimum Gasteiger partial charge on any atom is -0.392 e. The van der Waals surface area contributed by atoms with Gasteiger partial charge in [-0.1, -0.05) is 19.9 Å². The number of anilines is 1. The summed E-state index contributed by atoms with van der Waals surface area (Å²) < 4.78 is 0. The normalized spacial score (nSPS) is 8.33. The van der Waals surface area contributed by atoms with Crippen LogP contribution >= 0.6 is 0 Å². The highest BCUT2D eigenvalue weighted by molar-refractivity contribution is 5.34. The first-order chi connectivity index (χ1) is 5.86. The van der Waals surface area contributed by atoms with Crippen LogP contribution in [0.3, 0.4) is 0 Å². The monoisotopic (exact) mass is 168 g/mol. The highest BCUT2D eigenvalue weighted by Gasteiger charge is 1.89. The van der Waals surface area contributed by atoms with Gasteiger partial charge in [0.15, 0.2) is 0 Å². The van der Waals surface area contributed by atoms with E-state index in [1.807, 2.05) is 26.0 Å². The Hall–Kier alpha value is -1.09. The maximum Gasteiger partial charge on any atom is 0.125 e. The van der Waals surface area contributed by atoms with Crippen LogP contribution in [0.15, 0.2) is 18.3 Å². The zero-order valence-corrected chi connectivity index (χ0v) is 7.83. The lowest BCUT2D eigenvalue weighted by molar-refractivity contribution is 0.281. The molecule has 0 amide bonds. The van der Waals surface area contributed by atoms with Gasteiger partial charge in [0.25, 0.3) is 0 Å². The predicted molar refractivity (Wildman–Crippen MR) is 51.1 cm³/mol. The Kier molecular flexibility index (Phi) is 6.01. The summed E-state index contributed by atoms with van der Waals surface area (Å²) in [6, 6.07) is 3.66. The average Bonchev–Trinajstić information content (AvgIpc) is 2.21. The molecule has 0 radical (unpaired) electrons. The van der Waals surface area contributed by atoms with Gasteiger partial charge in [0, 0.05) is 13.2 Å². The van der Waals surface area contributed by atoms with Crippen LogP contribution in [0.2, 0.25) is 0 Å². The molecule has 3 nitrogen and oxygen atoms in total. The fraction of sp³-hybridized carbons (Fsp3) is 0.444. The number of aromatic nitrogens is 1. The second kappa shape index (κ2) is 6.61. The summed E-state index contributed by atoms with van der Waals surface area (Å²) in [5, 5.41) is 11.5. The highest BCUT2D eigenvalue weighted by atomic mass is 16.3. The molecule has 0 saturated carbocycles. The Morgan fingerprint density at radius 2 is 2.08 bits per heavy atom. The maximum atomic E-state index is 8.64. The second-order valence-electron chi connectivity index (χ2n) is 1.96. The Morgan fingerprint density at radius 3 is 2.42 bits per heavy atom. The summed E-state index contributed by atoms with van der Waals surface area (Å²) in [6.07, 6.45) is 1.64. The summed E-state index contributed by atoms with van der Waals surface area (Å²) in [4.78, 5) is 4.00. The van der Waals surface area contributed by atoms with Gasteiger partial charge in [-0.05, 0) is 11.6 Å². The third-order valence-corrected chi connectivity index (χ3v) is 1.26. The summed E-state index contributed by atoms with van der Waals surface area (Å²) in [5.74, 6) is 0.817. The molecule has 0 bridgehead atoms. The van der Waals surface area contributed by atoms with E-state index in [9.17, 15) is 0 Å². The summed E-state index contributed by atoms with van der Waals surface area (Å²) in [7, 11) is 1.81. The number of nitrogens with one attached hydrogen (secondary N) is 1. The Morgan fingerprint density at radius 1 is 1.42 bits per heavy atom. The van der Waals surface area contributed by atoms with Crippen molar-refractivity contribution in [2.75, 3.05) is 12.4 Å². The molecule has 3 heteroatoms. The third kappa shape index (κ3) is 3.34. The maximum absolute atomic E-state index is 8.64. The van der Waals surface area contributed by atoms with Crippen LogP contribution in [-0.2, 0) is 6.61 Å². The molecule has 1 rings (SSSR count). The summed E-state index contributed by atoms with van der Waals surface area (Å²) in [6.45, 7) is 4.05. The topological polar surface area (TPSA) is 45.1 Å². The Bertz CT molecular complexity index is 173. The van der Waals surface area contributed by atoms with Crippen molar-refractivity contribution in [2.24, 2.45) is 0 Å². The van der Waals surface area contributed by atoms with E-state index in [0.717, 1.165) is 11.4 Å². The first-order valence-electron chi connectivity index (χ1n) is 4.10. The minimum atomic E-state index is 0.0526. The van der Waals surface area contributed by atoms with E-state index in [-0.39, 0.29) is 6.61 Å². The molecule has 0 saturated heterocycles. The van der Waals surface area contributed by atoms with Crippen LogP contribution in [0.4, 0.5) is 5.82 Å². The molecule has 0 atom stereocenters. The van der Waals surface area contributed by atoms with Gasteiger partial charge in [0.2, 0.25) is 0 Å². The van der Waals surface area contributed by atoms with Crippen LogP contribution in [0.25, 0.3) is 0 Å². The molecular formula is C9H16N2O. The molecule has 68 valence electrons. The van der Waals surface area contributed by atoms with Gasteiger partial charge in [-0.2, -0.15) is 0 Å². The molecular weight excluding hydrogens is 152 g/mol. The molecule has 1 heterocycles. The van der Waals surface area contributed by atoms with Crippen molar-refractivity contribution >= 4 is 5.82 Å². The lowest BCUT2D eigenvalue weighted by atomic mass is 10.3. The predicted octanol–water partition coefficient (Wildman–Crippen LogP) is 1.64. The molecule has 0 spiro atoms. The van der Waals surface area contributed by atoms with E-state index >= 15 is 0 Å². The van der Waals surface area contributed by atoms with E-state index in [1.165, 1.54) is 0 Å². The lowest BCUT2D eigenvalue weighted by Crippen LogP contribution is -1.92. The van der Waals surface area contributed by atoms with Gasteiger partial charge in [-0.3, -0.25) is 0 Å². The number of rotatable bonds is 2. The first kappa shape index (κ1) is 10.9. The Labute approximate surface area is 73.5 Å². The van der Waals surface area contributed by atoms with E-state index < -0.39 is 0 Å². The SMILES string of the molecule is CC.CNc1ccc(CO)cn1. The molecule has 12 heavy (non-hydrogen) atoms. The van der Waals surface area contributed by atoms with Gasteiger partial charge in [0.05, 0.1) is 6.61 Å². The van der Waals surface area contributed by atoms with E-state index in [1.54, 1.807) is 13.2 Å². The van der Waals surface area contributed by atoms with Crippen molar-refractivity contribution in [1.29, 1.82) is 0 Å². The fourth-order valence-electron chi connectivity index (χ4n) is 0.666. The number of hydrogen-bond acceptors (Lipinski definition) is 3. The zero-order chi connectivity index (χ0) is 9.40. The molecule has 0 aliphatic rings. The third-order valence-electron chi connectivity index (χ3n) is 1.26. The van der Waals surface area contributed by atoms with Crippen molar-refractivity contribution < 1.29 is 5.11 Å². The average molecular weight is 168 g/mol. The van der Waals surface area contributed by atoms with E-state index in [4.69, 9.17) is 5.11 Å². The molecule has 1 aromatic heterocycles. The zero-order valence-electron chi connectivity index (χ0n) is 7.83. The van der Waals surface area contributed by atoms with Crippen LogP contribution in [-0.4, -0.2) is 17.1 Å². The highest BCUT2D eigenvalue weighted by Crippen LogP contribution is 2.02. The number of pyridine rings is 1. The van der Waals surface area contributed by atoms with Crippen LogP contribution in [0.5, 0.6) is 0 Å². The molecule has 2 N–H and O–H groups in total. The van der Waals surface area contributed by atoms with Crippen molar-refractivity contribution in [1.82, 2.24) is 4.98 Å². The summed E-state index contributed by atoms with van der Waals surface area (Å²) in [5.41, 5.74) is 0.832. The molecule has 0 fully saturated rings. The smallest absolute Gasteiger partial charge is 0.125 e. The van der Waals surface area contributed by atoms with Crippen molar-refractivity contribution in [3.05, 3.63) is 23.9 Å². The van der Waals surface area contributed by atoms with Gasteiger partial charge >= 0.3 is 0 Å². The quantitative estimate of drug-likeness (QED) is 0.705. The van der Waals surface area contributed by atoms with Crippen LogP contribution < -0.4 is 5.32 Å². The standard InChI is InChI=1S/C7H10N2O.C2H6/c1-8-7-3-2-6(5-10)4-9-7;1-2/h2-4,10H,5H2,1H3,(H,8,9);1-2H3. The van der Waals surface area contributed by atoms with E-state index in [2.05, 4.69) is 10.3 Å². The minimum absolute atomic E-state index is 0.0526. The molecule has 0 aliphatic heterocycles. The molecule has 0 aliphatic carbocycles. The Balaban J connectivity index is 0.000000561. The fourth-order valence-corrected chi connectivity index (χ4v) is 0.666. The van der Waals surface area contributed by atoms with Gasteiger partial charge in [-0.25, -0.2) is 4.98 Å². The molecule has 1 aromatic rings. The number of aliphatic hydroxyl groups is 1. The molecule has 0 aromatic carbocycles. The van der Waals surface area contributed by atoms with Gasteiger partial charge in [-0.15, -0.1) is 0 Å². The van der Waals surface area contributed by atoms with Crippen molar-refractivity contribution in [2.45, 2.75) is 20.5 Å². The van der Waals surface area contributed by atoms with Crippen LogP contribution in [0, 0.1) is 0 Å². The first-order valence-corrected chi connectivity index (χ1v) is 4.10. The number of hydrogen-bond donors (Lipinski definition) is 2. The number of aliphatic hydroxyl groups excluding tert-OH is 1. The van der Waals surface area contributed by atoms with Gasteiger partial charge < -0.3 is 10.4 Å². The second-order valence-corrected chi connectivity index (χ2v) is 1.96. The number of nitrogens with zero attached hydrogens (tertiary/aromatic N) is 1.